The Morgan fingerprint density at radius 3 is 2.75 bits per heavy atom. The zero-order valence-electron chi connectivity index (χ0n) is 8.06. The van der Waals surface area contributed by atoms with Gasteiger partial charge in [0.1, 0.15) is 5.54 Å². The normalized spacial score (nSPS) is 14.8. The third-order valence-electron chi connectivity index (χ3n) is 1.86. The SMILES string of the molecule is C=CCCC(C)(C#N)NCCC. The largest absolute Gasteiger partial charge is 0.300 e. The fourth-order valence-electron chi connectivity index (χ4n) is 0.975. The molecule has 12 heavy (non-hydrogen) atoms. The first-order valence-corrected chi connectivity index (χ1v) is 4.45. The molecule has 68 valence electrons. The number of hydrogen-bond donors (Lipinski definition) is 1. The van der Waals surface area contributed by atoms with E-state index in [-0.39, 0.29) is 5.54 Å². The highest BCUT2D eigenvalue weighted by Crippen LogP contribution is 2.10. The van der Waals surface area contributed by atoms with Gasteiger partial charge in [-0.1, -0.05) is 13.0 Å². The van der Waals surface area contributed by atoms with Crippen molar-refractivity contribution in [1.29, 1.82) is 5.26 Å². The number of rotatable bonds is 6. The molecule has 0 spiro atoms. The second kappa shape index (κ2) is 5.79. The fraction of sp³-hybridized carbons (Fsp3) is 0.700. The average molecular weight is 166 g/mol. The molecule has 2 nitrogen and oxygen atoms in total. The van der Waals surface area contributed by atoms with Crippen LogP contribution in [0.2, 0.25) is 0 Å². The van der Waals surface area contributed by atoms with Gasteiger partial charge in [-0.3, -0.25) is 5.32 Å². The Hall–Kier alpha value is -0.810. The van der Waals surface area contributed by atoms with Crippen LogP contribution in [0.5, 0.6) is 0 Å². The predicted molar refractivity (Wildman–Crippen MR) is 51.7 cm³/mol. The molecule has 1 N–H and O–H groups in total. The molecule has 0 amide bonds. The van der Waals surface area contributed by atoms with Gasteiger partial charge in [0.05, 0.1) is 6.07 Å². The first-order chi connectivity index (χ1) is 5.68. The lowest BCUT2D eigenvalue weighted by Gasteiger charge is -2.22. The lowest BCUT2D eigenvalue weighted by molar-refractivity contribution is 0.421. The molecule has 0 saturated heterocycles. The molecule has 0 bridgehead atoms. The Balaban J connectivity index is 3.88. The fourth-order valence-corrected chi connectivity index (χ4v) is 0.975. The summed E-state index contributed by atoms with van der Waals surface area (Å²) in [6.45, 7) is 8.58. The van der Waals surface area contributed by atoms with Crippen LogP contribution < -0.4 is 5.32 Å². The highest BCUT2D eigenvalue weighted by molar-refractivity contribution is 5.04. The van der Waals surface area contributed by atoms with E-state index in [1.807, 2.05) is 13.0 Å². The van der Waals surface area contributed by atoms with Crippen molar-refractivity contribution < 1.29 is 0 Å². The van der Waals surface area contributed by atoms with Gasteiger partial charge in [0.25, 0.3) is 0 Å². The molecule has 0 aliphatic rings. The highest BCUT2D eigenvalue weighted by atomic mass is 15.0. The highest BCUT2D eigenvalue weighted by Gasteiger charge is 2.20. The molecular formula is C10H18N2. The summed E-state index contributed by atoms with van der Waals surface area (Å²) in [7, 11) is 0. The molecule has 1 unspecified atom stereocenters. The van der Waals surface area contributed by atoms with E-state index < -0.39 is 0 Å². The quantitative estimate of drug-likeness (QED) is 0.614. The predicted octanol–water partition coefficient (Wildman–Crippen LogP) is 2.23. The number of nitrogens with one attached hydrogen (secondary N) is 1. The molecule has 0 saturated carbocycles. The van der Waals surface area contributed by atoms with Crippen LogP contribution in [0.4, 0.5) is 0 Å². The second-order valence-electron chi connectivity index (χ2n) is 3.20. The summed E-state index contributed by atoms with van der Waals surface area (Å²) in [5.41, 5.74) is -0.371. The molecule has 0 fully saturated rings. The summed E-state index contributed by atoms with van der Waals surface area (Å²) in [4.78, 5) is 0. The van der Waals surface area contributed by atoms with Crippen molar-refractivity contribution in [2.45, 2.75) is 38.6 Å². The van der Waals surface area contributed by atoms with E-state index >= 15 is 0 Å². The van der Waals surface area contributed by atoms with E-state index in [1.54, 1.807) is 0 Å². The molecule has 0 aromatic rings. The zero-order chi connectivity index (χ0) is 9.45. The van der Waals surface area contributed by atoms with Gasteiger partial charge in [-0.05, 0) is 32.7 Å². The third-order valence-corrected chi connectivity index (χ3v) is 1.86. The van der Waals surface area contributed by atoms with Crippen molar-refractivity contribution in [3.05, 3.63) is 12.7 Å². The maximum absolute atomic E-state index is 8.89. The Kier molecular flexibility index (Phi) is 5.40. The van der Waals surface area contributed by atoms with Gasteiger partial charge < -0.3 is 0 Å². The van der Waals surface area contributed by atoms with Crippen LogP contribution in [0.25, 0.3) is 0 Å². The van der Waals surface area contributed by atoms with Gasteiger partial charge in [0.15, 0.2) is 0 Å². The van der Waals surface area contributed by atoms with Crippen molar-refractivity contribution in [3.8, 4) is 6.07 Å². The molecule has 0 rings (SSSR count). The van der Waals surface area contributed by atoms with Crippen LogP contribution in [-0.2, 0) is 0 Å². The van der Waals surface area contributed by atoms with Crippen LogP contribution in [0.1, 0.15) is 33.1 Å². The van der Waals surface area contributed by atoms with E-state index in [0.29, 0.717) is 0 Å². The van der Waals surface area contributed by atoms with Crippen molar-refractivity contribution in [2.24, 2.45) is 0 Å². The smallest absolute Gasteiger partial charge is 0.104 e. The van der Waals surface area contributed by atoms with Gasteiger partial charge in [-0.25, -0.2) is 0 Å². The summed E-state index contributed by atoms with van der Waals surface area (Å²) in [6, 6.07) is 2.29. The van der Waals surface area contributed by atoms with Crippen LogP contribution in [-0.4, -0.2) is 12.1 Å². The standard InChI is InChI=1S/C10H18N2/c1-4-6-7-10(3,9-11)12-8-5-2/h4,12H,1,5-8H2,2-3H3. The summed E-state index contributed by atoms with van der Waals surface area (Å²) in [6.07, 6.45) is 4.64. The number of nitriles is 1. The summed E-state index contributed by atoms with van der Waals surface area (Å²) < 4.78 is 0. The maximum Gasteiger partial charge on any atom is 0.104 e. The Labute approximate surface area is 75.3 Å². The van der Waals surface area contributed by atoms with Crippen LogP contribution in [0.3, 0.4) is 0 Å². The Morgan fingerprint density at radius 1 is 1.67 bits per heavy atom. The van der Waals surface area contributed by atoms with Crippen molar-refractivity contribution in [2.75, 3.05) is 6.54 Å². The van der Waals surface area contributed by atoms with Crippen molar-refractivity contribution in [1.82, 2.24) is 5.32 Å². The van der Waals surface area contributed by atoms with E-state index in [2.05, 4.69) is 24.9 Å². The lowest BCUT2D eigenvalue weighted by atomic mass is 9.97. The molecule has 0 heterocycles. The first kappa shape index (κ1) is 11.2. The monoisotopic (exact) mass is 166 g/mol. The van der Waals surface area contributed by atoms with E-state index in [4.69, 9.17) is 5.26 Å². The van der Waals surface area contributed by atoms with Crippen molar-refractivity contribution in [3.63, 3.8) is 0 Å². The molecule has 0 aromatic carbocycles. The molecule has 0 aliphatic carbocycles. The molecule has 0 aliphatic heterocycles. The van der Waals surface area contributed by atoms with Crippen molar-refractivity contribution >= 4 is 0 Å². The first-order valence-electron chi connectivity index (χ1n) is 4.45. The number of hydrogen-bond acceptors (Lipinski definition) is 2. The molecule has 0 aromatic heterocycles. The summed E-state index contributed by atoms with van der Waals surface area (Å²) in [5, 5.41) is 12.1. The molecule has 0 radical (unpaired) electrons. The zero-order valence-corrected chi connectivity index (χ0v) is 8.06. The Bertz CT molecular complexity index is 169. The van der Waals surface area contributed by atoms with Gasteiger partial charge >= 0.3 is 0 Å². The molecule has 1 atom stereocenters. The minimum atomic E-state index is -0.371. The van der Waals surface area contributed by atoms with Gasteiger partial charge in [-0.2, -0.15) is 5.26 Å². The van der Waals surface area contributed by atoms with Crippen LogP contribution in [0, 0.1) is 11.3 Å². The average Bonchev–Trinajstić information content (AvgIpc) is 2.11. The topological polar surface area (TPSA) is 35.8 Å². The minimum absolute atomic E-state index is 0.371. The van der Waals surface area contributed by atoms with Crippen LogP contribution >= 0.6 is 0 Å². The Morgan fingerprint density at radius 2 is 2.33 bits per heavy atom. The maximum atomic E-state index is 8.89. The van der Waals surface area contributed by atoms with E-state index in [0.717, 1.165) is 25.8 Å². The molecule has 2 heteroatoms. The van der Waals surface area contributed by atoms with Gasteiger partial charge in [0.2, 0.25) is 0 Å². The third kappa shape index (κ3) is 4.15. The number of nitrogens with zero attached hydrogens (tertiary/aromatic N) is 1. The minimum Gasteiger partial charge on any atom is -0.300 e. The van der Waals surface area contributed by atoms with E-state index in [1.165, 1.54) is 0 Å². The van der Waals surface area contributed by atoms with Gasteiger partial charge in [-0.15, -0.1) is 6.58 Å². The molecular weight excluding hydrogens is 148 g/mol. The summed E-state index contributed by atoms with van der Waals surface area (Å²) in [5.74, 6) is 0. The number of allylic oxidation sites excluding steroid dienone is 1. The van der Waals surface area contributed by atoms with Crippen LogP contribution in [0.15, 0.2) is 12.7 Å². The summed E-state index contributed by atoms with van der Waals surface area (Å²) >= 11 is 0. The van der Waals surface area contributed by atoms with Gasteiger partial charge in [0, 0.05) is 0 Å². The van der Waals surface area contributed by atoms with E-state index in [9.17, 15) is 0 Å². The lowest BCUT2D eigenvalue weighted by Crippen LogP contribution is -2.41. The second-order valence-corrected chi connectivity index (χ2v) is 3.20.